The summed E-state index contributed by atoms with van der Waals surface area (Å²) >= 11 is 0. The summed E-state index contributed by atoms with van der Waals surface area (Å²) in [5.74, 6) is 0.503. The smallest absolute Gasteiger partial charge is 0.347 e. The van der Waals surface area contributed by atoms with Crippen molar-refractivity contribution >= 4 is 29.0 Å². The number of carbonyl (C=O) groups excluding carboxylic acids is 1. The molecule has 0 N–H and O–H groups in total. The van der Waals surface area contributed by atoms with Gasteiger partial charge in [-0.05, 0) is 35.9 Å². The number of rotatable bonds is 4. The molecule has 3 aromatic rings. The second kappa shape index (κ2) is 7.00. The fraction of sp³-hybridized carbons (Fsp3) is 0.105. The van der Waals surface area contributed by atoms with E-state index in [0.29, 0.717) is 22.4 Å². The van der Waals surface area contributed by atoms with Gasteiger partial charge in [-0.15, -0.1) is 0 Å². The molecule has 0 radical (unpaired) electrons. The first kappa shape index (κ1) is 16.4. The predicted molar refractivity (Wildman–Crippen MR) is 93.5 cm³/mol. The number of methoxy groups -OCH3 is 1. The van der Waals surface area contributed by atoms with Crippen molar-refractivity contribution in [2.75, 3.05) is 7.11 Å². The molecule has 1 heterocycles. The summed E-state index contributed by atoms with van der Waals surface area (Å²) in [6.07, 6.45) is 3.28. The van der Waals surface area contributed by atoms with E-state index in [1.165, 1.54) is 14.0 Å². The molecule has 0 aliphatic carbocycles. The van der Waals surface area contributed by atoms with Crippen molar-refractivity contribution in [1.29, 1.82) is 0 Å². The first-order valence-corrected chi connectivity index (χ1v) is 7.51. The third-order valence-electron chi connectivity index (χ3n) is 3.41. The Balaban J connectivity index is 1.94. The number of fused-ring (bicyclic) bond motifs is 1. The Morgan fingerprint density at radius 1 is 1.12 bits per heavy atom. The van der Waals surface area contributed by atoms with Gasteiger partial charge in [0.1, 0.15) is 0 Å². The molecule has 2 aromatic carbocycles. The predicted octanol–water partition coefficient (Wildman–Crippen LogP) is 3.29. The molecule has 0 unspecified atom stereocenters. The fourth-order valence-electron chi connectivity index (χ4n) is 2.31. The molecule has 0 amide bonds. The second-order valence-corrected chi connectivity index (χ2v) is 5.19. The molecule has 0 saturated carbocycles. The van der Waals surface area contributed by atoms with Crippen LogP contribution in [0.15, 0.2) is 51.7 Å². The lowest BCUT2D eigenvalue weighted by Gasteiger charge is -2.08. The van der Waals surface area contributed by atoms with Crippen molar-refractivity contribution in [1.82, 2.24) is 4.98 Å². The Labute approximate surface area is 143 Å². The minimum Gasteiger partial charge on any atom is -0.493 e. The topological polar surface area (TPSA) is 78.6 Å². The van der Waals surface area contributed by atoms with Crippen molar-refractivity contribution in [3.63, 3.8) is 0 Å². The Bertz CT molecular complexity index is 1020. The van der Waals surface area contributed by atoms with Crippen LogP contribution in [-0.4, -0.2) is 18.1 Å². The van der Waals surface area contributed by atoms with Crippen LogP contribution < -0.4 is 15.1 Å². The van der Waals surface area contributed by atoms with Gasteiger partial charge in [-0.3, -0.25) is 4.79 Å². The summed E-state index contributed by atoms with van der Waals surface area (Å²) in [5, 5.41) is 0.432. The maximum Gasteiger partial charge on any atom is 0.347 e. The van der Waals surface area contributed by atoms with Gasteiger partial charge in [-0.2, -0.15) is 0 Å². The van der Waals surface area contributed by atoms with E-state index < -0.39 is 11.6 Å². The summed E-state index contributed by atoms with van der Waals surface area (Å²) in [5.41, 5.74) is 0.851. The number of ether oxygens (including phenoxy) is 2. The van der Waals surface area contributed by atoms with Gasteiger partial charge in [0.15, 0.2) is 11.5 Å². The van der Waals surface area contributed by atoms with Gasteiger partial charge in [0.2, 0.25) is 5.89 Å². The van der Waals surface area contributed by atoms with Gasteiger partial charge in [-0.25, -0.2) is 9.78 Å². The highest BCUT2D eigenvalue weighted by molar-refractivity contribution is 5.78. The van der Waals surface area contributed by atoms with Crippen LogP contribution in [0.1, 0.15) is 18.4 Å². The van der Waals surface area contributed by atoms with E-state index in [1.54, 1.807) is 54.6 Å². The Morgan fingerprint density at radius 3 is 2.68 bits per heavy atom. The lowest BCUT2D eigenvalue weighted by molar-refractivity contribution is -0.132. The van der Waals surface area contributed by atoms with E-state index in [0.717, 1.165) is 5.56 Å². The quantitative estimate of drug-likeness (QED) is 0.537. The summed E-state index contributed by atoms with van der Waals surface area (Å²) < 4.78 is 15.5. The van der Waals surface area contributed by atoms with Gasteiger partial charge in [-0.1, -0.05) is 18.2 Å². The minimum absolute atomic E-state index is 0.188. The third kappa shape index (κ3) is 3.74. The summed E-state index contributed by atoms with van der Waals surface area (Å²) in [6, 6.07) is 12.1. The molecule has 0 spiro atoms. The summed E-state index contributed by atoms with van der Waals surface area (Å²) in [7, 11) is 1.49. The maximum atomic E-state index is 12.0. The van der Waals surface area contributed by atoms with Crippen LogP contribution in [0.5, 0.6) is 11.5 Å². The van der Waals surface area contributed by atoms with E-state index in [1.807, 2.05) is 0 Å². The third-order valence-corrected chi connectivity index (χ3v) is 3.41. The zero-order valence-electron chi connectivity index (χ0n) is 13.7. The van der Waals surface area contributed by atoms with Gasteiger partial charge in [0.25, 0.3) is 0 Å². The van der Waals surface area contributed by atoms with Crippen LogP contribution >= 0.6 is 0 Å². The zero-order chi connectivity index (χ0) is 17.8. The molecule has 0 saturated heterocycles. The molecule has 6 heteroatoms. The van der Waals surface area contributed by atoms with E-state index in [2.05, 4.69) is 4.98 Å². The lowest BCUT2D eigenvalue weighted by Crippen LogP contribution is -2.03. The monoisotopic (exact) mass is 337 g/mol. The summed E-state index contributed by atoms with van der Waals surface area (Å²) in [6.45, 7) is 1.32. The molecule has 25 heavy (non-hydrogen) atoms. The molecule has 6 nitrogen and oxygen atoms in total. The molecule has 0 fully saturated rings. The molecular formula is C19H15NO5. The molecule has 0 atom stereocenters. The average molecular weight is 337 g/mol. The van der Waals surface area contributed by atoms with Gasteiger partial charge in [0.05, 0.1) is 18.0 Å². The number of para-hydroxylation sites is 1. The van der Waals surface area contributed by atoms with E-state index >= 15 is 0 Å². The number of nitrogens with zero attached hydrogens (tertiary/aromatic N) is 1. The summed E-state index contributed by atoms with van der Waals surface area (Å²) in [4.78, 5) is 27.4. The van der Waals surface area contributed by atoms with E-state index in [9.17, 15) is 9.59 Å². The average Bonchev–Trinajstić information content (AvgIpc) is 2.60. The number of aromatic nitrogens is 1. The molecule has 0 bridgehead atoms. The second-order valence-electron chi connectivity index (χ2n) is 5.19. The molecular weight excluding hydrogens is 322 g/mol. The number of benzene rings is 2. The minimum atomic E-state index is -0.444. The van der Waals surface area contributed by atoms with Crippen molar-refractivity contribution in [2.45, 2.75) is 6.92 Å². The zero-order valence-corrected chi connectivity index (χ0v) is 13.7. The Kier molecular flexibility index (Phi) is 4.61. The Hall–Kier alpha value is -3.41. The van der Waals surface area contributed by atoms with Crippen molar-refractivity contribution in [3.05, 3.63) is 64.3 Å². The highest BCUT2D eigenvalue weighted by atomic mass is 16.6. The molecule has 126 valence electrons. The highest BCUT2D eigenvalue weighted by Crippen LogP contribution is 2.29. The maximum absolute atomic E-state index is 12.0. The van der Waals surface area contributed by atoms with Crippen LogP contribution in [0.2, 0.25) is 0 Å². The van der Waals surface area contributed by atoms with Crippen molar-refractivity contribution < 1.29 is 18.7 Å². The fourth-order valence-corrected chi connectivity index (χ4v) is 2.31. The van der Waals surface area contributed by atoms with Crippen LogP contribution in [0, 0.1) is 0 Å². The molecule has 3 rings (SSSR count). The Morgan fingerprint density at radius 2 is 1.92 bits per heavy atom. The highest BCUT2D eigenvalue weighted by Gasteiger charge is 2.08. The standard InChI is InChI=1S/C19H15NO5/c1-12(21)24-17-11-13(7-9-16(17)23-2)8-10-18-20-15-6-4-3-5-14(15)19(22)25-18/h3-11H,1-2H3. The largest absolute Gasteiger partial charge is 0.493 e. The van der Waals surface area contributed by atoms with Crippen LogP contribution in [0.25, 0.3) is 23.1 Å². The van der Waals surface area contributed by atoms with E-state index in [-0.39, 0.29) is 5.89 Å². The lowest BCUT2D eigenvalue weighted by atomic mass is 10.2. The van der Waals surface area contributed by atoms with E-state index in [4.69, 9.17) is 13.9 Å². The molecule has 0 aliphatic heterocycles. The van der Waals surface area contributed by atoms with Crippen molar-refractivity contribution in [2.24, 2.45) is 0 Å². The van der Waals surface area contributed by atoms with Crippen LogP contribution in [0.3, 0.4) is 0 Å². The first-order valence-electron chi connectivity index (χ1n) is 7.51. The number of carbonyl (C=O) groups is 1. The first-order chi connectivity index (χ1) is 12.1. The number of hydrogen-bond donors (Lipinski definition) is 0. The SMILES string of the molecule is COc1ccc(C=Cc2nc3ccccc3c(=O)o2)cc1OC(C)=O. The molecule has 0 aliphatic rings. The van der Waals surface area contributed by atoms with Gasteiger partial charge < -0.3 is 13.9 Å². The van der Waals surface area contributed by atoms with Gasteiger partial charge in [0, 0.05) is 13.0 Å². The van der Waals surface area contributed by atoms with Crippen molar-refractivity contribution in [3.8, 4) is 11.5 Å². The molecule has 1 aromatic heterocycles. The number of hydrogen-bond acceptors (Lipinski definition) is 6. The number of esters is 1. The van der Waals surface area contributed by atoms with Crippen LogP contribution in [-0.2, 0) is 4.79 Å². The van der Waals surface area contributed by atoms with Gasteiger partial charge >= 0.3 is 11.6 Å². The normalized spacial score (nSPS) is 11.0. The van der Waals surface area contributed by atoms with Crippen LogP contribution in [0.4, 0.5) is 0 Å².